The molecule has 0 bridgehead atoms. The van der Waals surface area contributed by atoms with Crippen molar-refractivity contribution in [2.75, 3.05) is 37.6 Å². The topological polar surface area (TPSA) is 82.5 Å². The van der Waals surface area contributed by atoms with Crippen LogP contribution in [0.25, 0.3) is 0 Å². The molecule has 3 unspecified atom stereocenters. The summed E-state index contributed by atoms with van der Waals surface area (Å²) < 4.78 is 1.79. The Hall–Kier alpha value is -1.93. The third-order valence-electron chi connectivity index (χ3n) is 6.36. The molecular weight excluding hydrogens is 356 g/mol. The summed E-state index contributed by atoms with van der Waals surface area (Å²) in [7, 11) is 1.89. The number of hydrogen-bond donors (Lipinski definition) is 2. The van der Waals surface area contributed by atoms with E-state index >= 15 is 0 Å². The Bertz CT molecular complexity index is 726. The van der Waals surface area contributed by atoms with Crippen molar-refractivity contribution in [1.82, 2.24) is 25.3 Å². The molecule has 0 aliphatic carbocycles. The zero-order chi connectivity index (χ0) is 19.7. The van der Waals surface area contributed by atoms with Crippen molar-refractivity contribution in [1.29, 1.82) is 0 Å². The Balaban J connectivity index is 1.32. The van der Waals surface area contributed by atoms with E-state index in [-0.39, 0.29) is 23.9 Å². The molecular formula is C20H32N6O2. The average Bonchev–Trinajstić information content (AvgIpc) is 3.40. The van der Waals surface area contributed by atoms with E-state index in [0.29, 0.717) is 12.5 Å². The fourth-order valence-corrected chi connectivity index (χ4v) is 4.90. The van der Waals surface area contributed by atoms with Crippen LogP contribution in [0.2, 0.25) is 0 Å². The van der Waals surface area contributed by atoms with Crippen LogP contribution in [-0.2, 0) is 16.6 Å². The number of likely N-dealkylation sites (tertiary alicyclic amines) is 1. The maximum absolute atomic E-state index is 13.1. The van der Waals surface area contributed by atoms with Gasteiger partial charge < -0.3 is 10.6 Å². The molecule has 3 saturated heterocycles. The van der Waals surface area contributed by atoms with E-state index in [1.807, 2.05) is 24.9 Å². The Morgan fingerprint density at radius 2 is 2.14 bits per heavy atom. The smallest absolute Gasteiger partial charge is 0.245 e. The van der Waals surface area contributed by atoms with Crippen molar-refractivity contribution in [3.05, 3.63) is 11.8 Å². The van der Waals surface area contributed by atoms with Gasteiger partial charge in [0.1, 0.15) is 5.82 Å². The molecule has 0 saturated carbocycles. The van der Waals surface area contributed by atoms with E-state index in [1.165, 1.54) is 0 Å². The molecule has 0 spiro atoms. The summed E-state index contributed by atoms with van der Waals surface area (Å²) in [5.74, 6) is 1.61. The molecule has 8 heteroatoms. The standard InChI is InChI=1S/C20H32N6O2/c1-14-11-18(24(2)23-14)26-10-7-17(20(26)28)25-9-4-5-15(13-25)12-22-19(27)16-6-3-8-21-16/h11,15-17,21H,3-10,12-13H2,1-2H3,(H,22,27). The lowest BCUT2D eigenvalue weighted by Crippen LogP contribution is -2.50. The number of piperidine rings is 1. The van der Waals surface area contributed by atoms with Gasteiger partial charge in [0.15, 0.2) is 0 Å². The van der Waals surface area contributed by atoms with Gasteiger partial charge in [0.2, 0.25) is 11.8 Å². The quantitative estimate of drug-likeness (QED) is 0.764. The molecule has 4 rings (SSSR count). The molecule has 154 valence electrons. The summed E-state index contributed by atoms with van der Waals surface area (Å²) in [6.07, 6.45) is 5.06. The van der Waals surface area contributed by atoms with Gasteiger partial charge in [-0.1, -0.05) is 0 Å². The van der Waals surface area contributed by atoms with E-state index in [4.69, 9.17) is 0 Å². The number of carbonyl (C=O) groups is 2. The fraction of sp³-hybridized carbons (Fsp3) is 0.750. The van der Waals surface area contributed by atoms with Gasteiger partial charge in [-0.05, 0) is 58.0 Å². The van der Waals surface area contributed by atoms with Gasteiger partial charge >= 0.3 is 0 Å². The zero-order valence-corrected chi connectivity index (χ0v) is 17.0. The number of aromatic nitrogens is 2. The summed E-state index contributed by atoms with van der Waals surface area (Å²) in [4.78, 5) is 29.5. The van der Waals surface area contributed by atoms with E-state index < -0.39 is 0 Å². The molecule has 0 radical (unpaired) electrons. The van der Waals surface area contributed by atoms with Crippen molar-refractivity contribution in [3.63, 3.8) is 0 Å². The van der Waals surface area contributed by atoms with Gasteiger partial charge in [-0.3, -0.25) is 24.1 Å². The first kappa shape index (κ1) is 19.4. The molecule has 3 atom stereocenters. The average molecular weight is 389 g/mol. The zero-order valence-electron chi connectivity index (χ0n) is 17.0. The minimum absolute atomic E-state index is 0.0213. The monoisotopic (exact) mass is 388 g/mol. The highest BCUT2D eigenvalue weighted by molar-refractivity contribution is 5.98. The van der Waals surface area contributed by atoms with Crippen molar-refractivity contribution < 1.29 is 9.59 Å². The molecule has 28 heavy (non-hydrogen) atoms. The van der Waals surface area contributed by atoms with Crippen molar-refractivity contribution in [2.45, 2.75) is 51.1 Å². The number of amides is 2. The van der Waals surface area contributed by atoms with Crippen LogP contribution in [0.1, 0.15) is 37.8 Å². The Morgan fingerprint density at radius 3 is 2.86 bits per heavy atom. The molecule has 0 aromatic carbocycles. The van der Waals surface area contributed by atoms with Crippen LogP contribution in [0, 0.1) is 12.8 Å². The summed E-state index contributed by atoms with van der Waals surface area (Å²) in [6, 6.07) is 1.91. The molecule has 3 aliphatic rings. The van der Waals surface area contributed by atoms with Crippen LogP contribution in [-0.4, -0.2) is 71.3 Å². The Morgan fingerprint density at radius 1 is 1.29 bits per heavy atom. The largest absolute Gasteiger partial charge is 0.354 e. The third-order valence-corrected chi connectivity index (χ3v) is 6.36. The number of carbonyl (C=O) groups excluding carboxylic acids is 2. The second-order valence-electron chi connectivity index (χ2n) is 8.46. The van der Waals surface area contributed by atoms with Gasteiger partial charge in [-0.15, -0.1) is 0 Å². The number of rotatable bonds is 5. The van der Waals surface area contributed by atoms with Gasteiger partial charge in [0.05, 0.1) is 17.8 Å². The summed E-state index contributed by atoms with van der Waals surface area (Å²) in [6.45, 7) is 6.18. The molecule has 3 fully saturated rings. The van der Waals surface area contributed by atoms with Gasteiger partial charge in [-0.2, -0.15) is 5.10 Å². The minimum atomic E-state index is -0.0507. The molecule has 4 heterocycles. The summed E-state index contributed by atoms with van der Waals surface area (Å²) in [5, 5.41) is 10.8. The summed E-state index contributed by atoms with van der Waals surface area (Å²) in [5.41, 5.74) is 0.930. The summed E-state index contributed by atoms with van der Waals surface area (Å²) >= 11 is 0. The molecule has 2 N–H and O–H groups in total. The van der Waals surface area contributed by atoms with Crippen LogP contribution < -0.4 is 15.5 Å². The molecule has 1 aromatic heterocycles. The molecule has 2 amide bonds. The van der Waals surface area contributed by atoms with Crippen molar-refractivity contribution >= 4 is 17.6 Å². The highest BCUT2D eigenvalue weighted by Crippen LogP contribution is 2.27. The van der Waals surface area contributed by atoms with E-state index in [1.54, 1.807) is 4.68 Å². The fourth-order valence-electron chi connectivity index (χ4n) is 4.90. The number of aryl methyl sites for hydroxylation is 2. The van der Waals surface area contributed by atoms with Crippen LogP contribution in [0.15, 0.2) is 6.07 Å². The lowest BCUT2D eigenvalue weighted by atomic mass is 9.96. The maximum atomic E-state index is 13.1. The highest BCUT2D eigenvalue weighted by Gasteiger charge is 2.39. The first-order valence-corrected chi connectivity index (χ1v) is 10.6. The Labute approximate surface area is 166 Å². The predicted molar refractivity (Wildman–Crippen MR) is 107 cm³/mol. The Kier molecular flexibility index (Phi) is 5.68. The molecule has 1 aromatic rings. The predicted octanol–water partition coefficient (Wildman–Crippen LogP) is 0.414. The SMILES string of the molecule is Cc1cc(N2CCC(N3CCCC(CNC(=O)C4CCCN4)C3)C2=O)n(C)n1. The second-order valence-corrected chi connectivity index (χ2v) is 8.46. The number of nitrogens with one attached hydrogen (secondary N) is 2. The van der Waals surface area contributed by atoms with Crippen LogP contribution in [0.4, 0.5) is 5.82 Å². The van der Waals surface area contributed by atoms with Crippen molar-refractivity contribution in [2.24, 2.45) is 13.0 Å². The lowest BCUT2D eigenvalue weighted by molar-refractivity contribution is -0.124. The first-order valence-electron chi connectivity index (χ1n) is 10.6. The van der Waals surface area contributed by atoms with Gasteiger partial charge in [-0.25, -0.2) is 0 Å². The number of anilines is 1. The highest BCUT2D eigenvalue weighted by atomic mass is 16.2. The van der Waals surface area contributed by atoms with E-state index in [0.717, 1.165) is 69.8 Å². The lowest BCUT2D eigenvalue weighted by Gasteiger charge is -2.36. The minimum Gasteiger partial charge on any atom is -0.354 e. The molecule has 3 aliphatic heterocycles. The third kappa shape index (κ3) is 3.93. The second kappa shape index (κ2) is 8.21. The molecule has 8 nitrogen and oxygen atoms in total. The van der Waals surface area contributed by atoms with Gasteiger partial charge in [0, 0.05) is 32.7 Å². The van der Waals surface area contributed by atoms with E-state index in [9.17, 15) is 9.59 Å². The van der Waals surface area contributed by atoms with E-state index in [2.05, 4.69) is 20.6 Å². The van der Waals surface area contributed by atoms with Crippen LogP contribution in [0.5, 0.6) is 0 Å². The van der Waals surface area contributed by atoms with Crippen molar-refractivity contribution in [3.8, 4) is 0 Å². The van der Waals surface area contributed by atoms with Gasteiger partial charge in [0.25, 0.3) is 0 Å². The maximum Gasteiger partial charge on any atom is 0.245 e. The number of nitrogens with zero attached hydrogens (tertiary/aromatic N) is 4. The van der Waals surface area contributed by atoms with Crippen LogP contribution in [0.3, 0.4) is 0 Å². The first-order chi connectivity index (χ1) is 13.5. The normalized spacial score (nSPS) is 28.9. The van der Waals surface area contributed by atoms with Crippen LogP contribution >= 0.6 is 0 Å². The number of hydrogen-bond acceptors (Lipinski definition) is 5.